The molecule has 1 N–H and O–H groups in total. The summed E-state index contributed by atoms with van der Waals surface area (Å²) in [7, 11) is 0. The number of benzene rings is 2. The van der Waals surface area contributed by atoms with Crippen molar-refractivity contribution in [2.45, 2.75) is 13.0 Å². The normalized spacial score (nSPS) is 12.9. The van der Waals surface area contributed by atoms with Crippen molar-refractivity contribution in [3.63, 3.8) is 0 Å². The molecule has 0 saturated carbocycles. The van der Waals surface area contributed by atoms with Crippen LogP contribution < -0.4 is 10.9 Å². The molecule has 3 heterocycles. The summed E-state index contributed by atoms with van der Waals surface area (Å²) in [6.45, 7) is 0.892. The van der Waals surface area contributed by atoms with Gasteiger partial charge in [0.2, 0.25) is 0 Å². The molecular formula is C21H15ClN4O3. The van der Waals surface area contributed by atoms with Gasteiger partial charge in [-0.3, -0.25) is 19.5 Å². The lowest BCUT2D eigenvalue weighted by Crippen LogP contribution is -2.23. The average molecular weight is 407 g/mol. The fraction of sp³-hybridized carbons (Fsp3) is 0.143. The minimum atomic E-state index is -0.473. The zero-order valence-electron chi connectivity index (χ0n) is 15.2. The SMILES string of the molecule is O=c1c(Cc2cc3ccc4ccccc4c3nc2Cl)cc([N+](=O)[O-])c2n1CCN2. The molecular weight excluding hydrogens is 392 g/mol. The number of anilines is 1. The fourth-order valence-corrected chi connectivity index (χ4v) is 4.13. The maximum Gasteiger partial charge on any atom is 0.310 e. The van der Waals surface area contributed by atoms with E-state index in [9.17, 15) is 14.9 Å². The van der Waals surface area contributed by atoms with Crippen LogP contribution in [0.3, 0.4) is 0 Å². The Morgan fingerprint density at radius 2 is 1.93 bits per heavy atom. The maximum atomic E-state index is 12.8. The van der Waals surface area contributed by atoms with E-state index in [-0.39, 0.29) is 23.5 Å². The first-order valence-corrected chi connectivity index (χ1v) is 9.52. The number of nitrogens with one attached hydrogen (secondary N) is 1. The van der Waals surface area contributed by atoms with Gasteiger partial charge in [-0.1, -0.05) is 48.0 Å². The summed E-state index contributed by atoms with van der Waals surface area (Å²) < 4.78 is 1.42. The highest BCUT2D eigenvalue weighted by atomic mass is 35.5. The highest BCUT2D eigenvalue weighted by Crippen LogP contribution is 2.30. The molecule has 1 aliphatic heterocycles. The molecule has 0 atom stereocenters. The number of hydrogen-bond acceptors (Lipinski definition) is 5. The Kier molecular flexibility index (Phi) is 3.99. The molecule has 7 nitrogen and oxygen atoms in total. The number of hydrogen-bond donors (Lipinski definition) is 1. The molecule has 144 valence electrons. The minimum absolute atomic E-state index is 0.104. The first-order valence-electron chi connectivity index (χ1n) is 9.15. The Labute approximate surface area is 169 Å². The van der Waals surface area contributed by atoms with Crippen LogP contribution in [0.25, 0.3) is 21.7 Å². The van der Waals surface area contributed by atoms with Crippen LogP contribution in [0.1, 0.15) is 11.1 Å². The Morgan fingerprint density at radius 1 is 1.14 bits per heavy atom. The van der Waals surface area contributed by atoms with Crippen LogP contribution in [0.2, 0.25) is 5.15 Å². The average Bonchev–Trinajstić information content (AvgIpc) is 3.20. The second-order valence-corrected chi connectivity index (χ2v) is 7.38. The van der Waals surface area contributed by atoms with Gasteiger partial charge in [0, 0.05) is 41.9 Å². The minimum Gasteiger partial charge on any atom is -0.364 e. The van der Waals surface area contributed by atoms with Gasteiger partial charge in [0.15, 0.2) is 5.82 Å². The van der Waals surface area contributed by atoms with Crippen LogP contribution in [0, 0.1) is 10.1 Å². The maximum absolute atomic E-state index is 12.8. The Morgan fingerprint density at radius 3 is 2.76 bits per heavy atom. The van der Waals surface area contributed by atoms with Crippen molar-refractivity contribution in [1.29, 1.82) is 0 Å². The van der Waals surface area contributed by atoms with Crippen LogP contribution in [0.5, 0.6) is 0 Å². The van der Waals surface area contributed by atoms with E-state index in [4.69, 9.17) is 11.6 Å². The van der Waals surface area contributed by atoms with Crippen LogP contribution in [-0.2, 0) is 13.0 Å². The molecule has 0 radical (unpaired) electrons. The lowest BCUT2D eigenvalue weighted by atomic mass is 10.0. The molecule has 29 heavy (non-hydrogen) atoms. The smallest absolute Gasteiger partial charge is 0.310 e. The van der Waals surface area contributed by atoms with E-state index < -0.39 is 4.92 Å². The second-order valence-electron chi connectivity index (χ2n) is 7.02. The second kappa shape index (κ2) is 6.56. The molecule has 0 spiro atoms. The number of fused-ring (bicyclic) bond motifs is 4. The van der Waals surface area contributed by atoms with Gasteiger partial charge in [-0.2, -0.15) is 0 Å². The lowest BCUT2D eigenvalue weighted by Gasteiger charge is -2.10. The predicted molar refractivity (Wildman–Crippen MR) is 113 cm³/mol. The standard InChI is InChI=1S/C21H15ClN4O3/c22-19-14(9-13-6-5-12-3-1-2-4-16(12)18(13)24-19)10-15-11-17(26(28)29)20-23-7-8-25(20)21(15)27/h1-6,9,11,23H,7-8,10H2. The third kappa shape index (κ3) is 2.82. The van der Waals surface area contributed by atoms with Crippen LogP contribution in [0.15, 0.2) is 53.3 Å². The number of nitrogens with zero attached hydrogens (tertiary/aromatic N) is 3. The predicted octanol–water partition coefficient (Wildman–Crippen LogP) is 4.13. The van der Waals surface area contributed by atoms with Crippen molar-refractivity contribution in [3.05, 3.63) is 85.3 Å². The van der Waals surface area contributed by atoms with Crippen molar-refractivity contribution in [3.8, 4) is 0 Å². The number of halogens is 1. The van der Waals surface area contributed by atoms with Gasteiger partial charge >= 0.3 is 5.69 Å². The highest BCUT2D eigenvalue weighted by molar-refractivity contribution is 6.31. The first-order chi connectivity index (χ1) is 14.0. The van der Waals surface area contributed by atoms with E-state index in [0.717, 1.165) is 21.7 Å². The van der Waals surface area contributed by atoms with Crippen LogP contribution in [0.4, 0.5) is 11.5 Å². The molecule has 0 aliphatic carbocycles. The van der Waals surface area contributed by atoms with Gasteiger partial charge in [0.05, 0.1) is 10.4 Å². The molecule has 0 fully saturated rings. The van der Waals surface area contributed by atoms with E-state index in [1.807, 2.05) is 42.5 Å². The van der Waals surface area contributed by atoms with E-state index >= 15 is 0 Å². The van der Waals surface area contributed by atoms with E-state index in [1.165, 1.54) is 10.6 Å². The lowest BCUT2D eigenvalue weighted by molar-refractivity contribution is -0.384. The molecule has 0 amide bonds. The fourth-order valence-electron chi connectivity index (χ4n) is 3.92. The van der Waals surface area contributed by atoms with Crippen LogP contribution >= 0.6 is 11.6 Å². The molecule has 0 unspecified atom stereocenters. The summed E-state index contributed by atoms with van der Waals surface area (Å²) in [5.41, 5.74) is 1.43. The Hall–Kier alpha value is -3.45. The van der Waals surface area contributed by atoms with E-state index in [0.29, 0.717) is 29.4 Å². The topological polar surface area (TPSA) is 90.1 Å². The molecule has 2 aromatic carbocycles. The van der Waals surface area contributed by atoms with E-state index in [1.54, 1.807) is 0 Å². The number of rotatable bonds is 3. The van der Waals surface area contributed by atoms with Crippen molar-refractivity contribution >= 4 is 44.8 Å². The van der Waals surface area contributed by atoms with Gasteiger partial charge in [-0.15, -0.1) is 0 Å². The third-order valence-corrected chi connectivity index (χ3v) is 5.61. The van der Waals surface area contributed by atoms with Crippen molar-refractivity contribution in [2.24, 2.45) is 0 Å². The molecule has 4 aromatic rings. The summed E-state index contributed by atoms with van der Waals surface area (Å²) in [6, 6.07) is 15.1. The molecule has 0 saturated heterocycles. The van der Waals surface area contributed by atoms with Crippen molar-refractivity contribution < 1.29 is 4.92 Å². The number of nitro groups is 1. The zero-order valence-corrected chi connectivity index (χ0v) is 15.9. The van der Waals surface area contributed by atoms with E-state index in [2.05, 4.69) is 10.3 Å². The largest absolute Gasteiger partial charge is 0.364 e. The molecule has 2 aromatic heterocycles. The van der Waals surface area contributed by atoms with Gasteiger partial charge in [0.25, 0.3) is 5.56 Å². The summed E-state index contributed by atoms with van der Waals surface area (Å²) in [5, 5.41) is 17.6. The monoisotopic (exact) mass is 406 g/mol. The summed E-state index contributed by atoms with van der Waals surface area (Å²) in [4.78, 5) is 28.4. The quantitative estimate of drug-likeness (QED) is 0.239. The number of aromatic nitrogens is 2. The van der Waals surface area contributed by atoms with Gasteiger partial charge in [-0.25, -0.2) is 4.98 Å². The summed E-state index contributed by atoms with van der Waals surface area (Å²) in [5.74, 6) is 0.262. The van der Waals surface area contributed by atoms with Crippen molar-refractivity contribution in [1.82, 2.24) is 9.55 Å². The molecule has 8 heteroatoms. The third-order valence-electron chi connectivity index (χ3n) is 5.29. The van der Waals surface area contributed by atoms with Gasteiger partial charge in [0.1, 0.15) is 5.15 Å². The molecule has 0 bridgehead atoms. The number of pyridine rings is 2. The van der Waals surface area contributed by atoms with Crippen LogP contribution in [-0.4, -0.2) is 21.0 Å². The van der Waals surface area contributed by atoms with Gasteiger partial charge < -0.3 is 5.32 Å². The summed E-state index contributed by atoms with van der Waals surface area (Å²) >= 11 is 6.46. The Bertz CT molecular complexity index is 1380. The molecule has 1 aliphatic rings. The first kappa shape index (κ1) is 17.6. The van der Waals surface area contributed by atoms with Gasteiger partial charge in [-0.05, 0) is 17.0 Å². The Balaban J connectivity index is 1.65. The highest BCUT2D eigenvalue weighted by Gasteiger charge is 2.26. The van der Waals surface area contributed by atoms with Crippen molar-refractivity contribution in [2.75, 3.05) is 11.9 Å². The summed E-state index contributed by atoms with van der Waals surface area (Å²) in [6.07, 6.45) is 0.175. The zero-order chi connectivity index (χ0) is 20.1. The molecule has 5 rings (SSSR count).